The zero-order valence-corrected chi connectivity index (χ0v) is 15.0. The predicted molar refractivity (Wildman–Crippen MR) is 94.4 cm³/mol. The van der Waals surface area contributed by atoms with Gasteiger partial charge in [-0.25, -0.2) is 0 Å². The molecule has 22 heavy (non-hydrogen) atoms. The van der Waals surface area contributed by atoms with E-state index in [1.54, 1.807) is 12.1 Å². The summed E-state index contributed by atoms with van der Waals surface area (Å²) in [4.78, 5) is 12.0. The number of rotatable bonds is 5. The minimum Gasteiger partial charge on any atom is -0.332 e. The number of carbonyl (C=O) groups is 1. The van der Waals surface area contributed by atoms with Gasteiger partial charge in [0.05, 0.1) is 10.7 Å². The van der Waals surface area contributed by atoms with Crippen LogP contribution in [0, 0.1) is 0 Å². The summed E-state index contributed by atoms with van der Waals surface area (Å²) in [6.07, 6.45) is 0. The molecule has 0 aliphatic carbocycles. The minimum atomic E-state index is -0.0659. The van der Waals surface area contributed by atoms with E-state index >= 15 is 0 Å². The van der Waals surface area contributed by atoms with Crippen molar-refractivity contribution >= 4 is 50.7 Å². The SMILES string of the molecule is C[C@H]([NH2+]CC(=O)Nc1ccccc1Br)c1ccc(Cl)cc1Cl. The number of anilines is 1. The Bertz CT molecular complexity index is 679. The number of amides is 1. The molecule has 0 saturated heterocycles. The minimum absolute atomic E-state index is 0.0646. The summed E-state index contributed by atoms with van der Waals surface area (Å²) in [5, 5.41) is 6.02. The van der Waals surface area contributed by atoms with Crippen molar-refractivity contribution in [1.29, 1.82) is 0 Å². The number of nitrogens with two attached hydrogens (primary N) is 1. The first kappa shape index (κ1) is 17.3. The van der Waals surface area contributed by atoms with Crippen LogP contribution in [-0.2, 0) is 4.79 Å². The second-order valence-electron chi connectivity index (χ2n) is 4.92. The van der Waals surface area contributed by atoms with E-state index in [9.17, 15) is 4.79 Å². The van der Waals surface area contributed by atoms with Gasteiger partial charge in [-0.3, -0.25) is 4.79 Å². The average molecular weight is 403 g/mol. The topological polar surface area (TPSA) is 45.7 Å². The van der Waals surface area contributed by atoms with E-state index in [-0.39, 0.29) is 11.9 Å². The van der Waals surface area contributed by atoms with Crippen LogP contribution in [0.15, 0.2) is 46.9 Å². The molecule has 0 aliphatic heterocycles. The van der Waals surface area contributed by atoms with Crippen LogP contribution in [0.25, 0.3) is 0 Å². The molecule has 2 rings (SSSR count). The van der Waals surface area contributed by atoms with Crippen LogP contribution < -0.4 is 10.6 Å². The van der Waals surface area contributed by atoms with Crippen LogP contribution in [0.2, 0.25) is 10.0 Å². The molecule has 2 aromatic carbocycles. The standard InChI is InChI=1S/C16H15BrCl2N2O/c1-10(12-7-6-11(18)8-14(12)19)20-9-16(22)21-15-5-3-2-4-13(15)17/h2-8,10,20H,9H2,1H3,(H,21,22)/p+1/t10-/m0/s1. The van der Waals surface area contributed by atoms with Crippen molar-refractivity contribution in [3.05, 3.63) is 62.5 Å². The molecule has 116 valence electrons. The van der Waals surface area contributed by atoms with Crippen molar-refractivity contribution in [1.82, 2.24) is 0 Å². The van der Waals surface area contributed by atoms with Crippen molar-refractivity contribution in [2.45, 2.75) is 13.0 Å². The van der Waals surface area contributed by atoms with Gasteiger partial charge < -0.3 is 10.6 Å². The number of benzene rings is 2. The third-order valence-electron chi connectivity index (χ3n) is 3.26. The monoisotopic (exact) mass is 401 g/mol. The Balaban J connectivity index is 1.92. The quantitative estimate of drug-likeness (QED) is 0.779. The van der Waals surface area contributed by atoms with E-state index < -0.39 is 0 Å². The molecule has 1 amide bonds. The van der Waals surface area contributed by atoms with Gasteiger partial charge in [0.25, 0.3) is 5.91 Å². The molecule has 1 atom stereocenters. The van der Waals surface area contributed by atoms with Crippen molar-refractivity contribution in [2.24, 2.45) is 0 Å². The van der Waals surface area contributed by atoms with Crippen LogP contribution >= 0.6 is 39.1 Å². The average Bonchev–Trinajstić information content (AvgIpc) is 2.47. The Kier molecular flexibility index (Phi) is 6.26. The Morgan fingerprint density at radius 2 is 2.00 bits per heavy atom. The highest BCUT2D eigenvalue weighted by molar-refractivity contribution is 9.10. The summed E-state index contributed by atoms with van der Waals surface area (Å²) < 4.78 is 0.858. The number of nitrogens with one attached hydrogen (secondary N) is 1. The highest BCUT2D eigenvalue weighted by Gasteiger charge is 2.15. The molecule has 0 bridgehead atoms. The Hall–Kier alpha value is -1.07. The van der Waals surface area contributed by atoms with Gasteiger partial charge in [-0.2, -0.15) is 0 Å². The zero-order chi connectivity index (χ0) is 16.1. The molecule has 0 saturated carbocycles. The molecule has 3 nitrogen and oxygen atoms in total. The van der Waals surface area contributed by atoms with Crippen molar-refractivity contribution in [3.8, 4) is 0 Å². The molecular weight excluding hydrogens is 387 g/mol. The van der Waals surface area contributed by atoms with E-state index in [0.717, 1.165) is 15.7 Å². The zero-order valence-electron chi connectivity index (χ0n) is 11.9. The molecule has 0 unspecified atom stereocenters. The molecule has 0 aliphatic rings. The number of hydrogen-bond donors (Lipinski definition) is 2. The smallest absolute Gasteiger partial charge is 0.279 e. The second kappa shape index (κ2) is 7.97. The summed E-state index contributed by atoms with van der Waals surface area (Å²) in [6.45, 7) is 2.31. The largest absolute Gasteiger partial charge is 0.332 e. The second-order valence-corrected chi connectivity index (χ2v) is 6.62. The Labute approximate surface area is 148 Å². The van der Waals surface area contributed by atoms with E-state index in [4.69, 9.17) is 23.2 Å². The molecule has 0 aromatic heterocycles. The first-order chi connectivity index (χ1) is 10.5. The van der Waals surface area contributed by atoms with Crippen LogP contribution in [-0.4, -0.2) is 12.5 Å². The summed E-state index contributed by atoms with van der Waals surface area (Å²) in [5.41, 5.74) is 1.72. The first-order valence-corrected chi connectivity index (χ1v) is 8.35. The number of para-hydroxylation sites is 1. The van der Waals surface area contributed by atoms with Crippen LogP contribution in [0.4, 0.5) is 5.69 Å². The lowest BCUT2D eigenvalue weighted by Gasteiger charge is -2.13. The number of halogens is 3. The summed E-state index contributed by atoms with van der Waals surface area (Å²) >= 11 is 15.5. The predicted octanol–water partition coefficient (Wildman–Crippen LogP) is 4.02. The fraction of sp³-hybridized carbons (Fsp3) is 0.188. The lowest BCUT2D eigenvalue weighted by molar-refractivity contribution is -0.682. The molecule has 6 heteroatoms. The van der Waals surface area contributed by atoms with E-state index in [2.05, 4.69) is 21.2 Å². The third-order valence-corrected chi connectivity index (χ3v) is 4.51. The Morgan fingerprint density at radius 3 is 2.68 bits per heavy atom. The summed E-state index contributed by atoms with van der Waals surface area (Å²) in [7, 11) is 0. The van der Waals surface area contributed by atoms with Gasteiger partial charge in [-0.15, -0.1) is 0 Å². The van der Waals surface area contributed by atoms with E-state index in [1.165, 1.54) is 0 Å². The fourth-order valence-electron chi connectivity index (χ4n) is 2.05. The molecular formula is C16H16BrCl2N2O+. The molecule has 0 radical (unpaired) electrons. The molecule has 3 N–H and O–H groups in total. The fourth-order valence-corrected chi connectivity index (χ4v) is 3.01. The van der Waals surface area contributed by atoms with Crippen molar-refractivity contribution in [2.75, 3.05) is 11.9 Å². The van der Waals surface area contributed by atoms with E-state index in [0.29, 0.717) is 16.6 Å². The number of hydrogen-bond acceptors (Lipinski definition) is 1. The first-order valence-electron chi connectivity index (χ1n) is 6.80. The lowest BCUT2D eigenvalue weighted by atomic mass is 10.1. The van der Waals surface area contributed by atoms with E-state index in [1.807, 2.05) is 42.6 Å². The van der Waals surface area contributed by atoms with Crippen LogP contribution in [0.1, 0.15) is 18.5 Å². The molecule has 0 spiro atoms. The maximum absolute atomic E-state index is 12.0. The van der Waals surface area contributed by atoms with Crippen LogP contribution in [0.3, 0.4) is 0 Å². The molecule has 2 aromatic rings. The molecule has 0 heterocycles. The summed E-state index contributed by atoms with van der Waals surface area (Å²) in [5.74, 6) is -0.0659. The van der Waals surface area contributed by atoms with Gasteiger partial charge >= 0.3 is 0 Å². The van der Waals surface area contributed by atoms with Gasteiger partial charge in [0.15, 0.2) is 6.54 Å². The highest BCUT2D eigenvalue weighted by atomic mass is 79.9. The highest BCUT2D eigenvalue weighted by Crippen LogP contribution is 2.24. The van der Waals surface area contributed by atoms with Gasteiger partial charge in [-0.1, -0.05) is 41.4 Å². The maximum Gasteiger partial charge on any atom is 0.279 e. The van der Waals surface area contributed by atoms with Crippen molar-refractivity contribution < 1.29 is 10.1 Å². The van der Waals surface area contributed by atoms with Crippen molar-refractivity contribution in [3.63, 3.8) is 0 Å². The third kappa shape index (κ3) is 4.71. The molecule has 0 fully saturated rings. The lowest BCUT2D eigenvalue weighted by Crippen LogP contribution is -2.86. The van der Waals surface area contributed by atoms with Gasteiger partial charge in [0, 0.05) is 15.1 Å². The maximum atomic E-state index is 12.0. The van der Waals surface area contributed by atoms with Gasteiger partial charge in [0.1, 0.15) is 6.04 Å². The van der Waals surface area contributed by atoms with Gasteiger partial charge in [-0.05, 0) is 47.1 Å². The normalized spacial score (nSPS) is 12.0. The number of carbonyl (C=O) groups excluding carboxylic acids is 1. The van der Waals surface area contributed by atoms with Crippen LogP contribution in [0.5, 0.6) is 0 Å². The van der Waals surface area contributed by atoms with Gasteiger partial charge in [0.2, 0.25) is 0 Å². The summed E-state index contributed by atoms with van der Waals surface area (Å²) in [6, 6.07) is 13.0. The Morgan fingerprint density at radius 1 is 1.27 bits per heavy atom. The number of quaternary nitrogens is 1.